The number of unbranched alkanes of at least 4 members (excludes halogenated alkanes) is 2. The molecule has 0 radical (unpaired) electrons. The minimum Gasteiger partial charge on any atom is -0.370 e. The lowest BCUT2D eigenvalue weighted by Crippen LogP contribution is -2.23. The molecule has 1 aromatic heterocycles. The van der Waals surface area contributed by atoms with Crippen LogP contribution in [0.4, 0.5) is 49.1 Å². The van der Waals surface area contributed by atoms with Gasteiger partial charge in [-0.05, 0) is 56.0 Å². The SMILES string of the molecule is NCCSc1c(NC(=O)CCCCN=C(N)N)cc(C(F)(F)F)cc1NC(=O)c1c[nH]c(C(=O)Nc2cc(C(F)(F)F)cc(NC(=O)CCCCN=C(N)N)c2SCCN)c1. The van der Waals surface area contributed by atoms with Gasteiger partial charge in [0.05, 0.1) is 49.2 Å². The Morgan fingerprint density at radius 1 is 0.590 bits per heavy atom. The van der Waals surface area contributed by atoms with Crippen molar-refractivity contribution in [1.82, 2.24) is 4.98 Å². The van der Waals surface area contributed by atoms with Crippen molar-refractivity contribution in [3.05, 3.63) is 58.9 Å². The number of benzene rings is 2. The van der Waals surface area contributed by atoms with Crippen LogP contribution in [0.1, 0.15) is 70.5 Å². The number of aliphatic imine (C=N–C) groups is 2. The fraction of sp³-hybridized carbons (Fsp3) is 0.389. The summed E-state index contributed by atoms with van der Waals surface area (Å²) in [5, 5.41) is 9.75. The second kappa shape index (κ2) is 23.4. The molecular formula is C36H47F6N13O4S2. The predicted octanol–water partition coefficient (Wildman–Crippen LogP) is 4.42. The first kappa shape index (κ1) is 49.7. The molecule has 0 aliphatic heterocycles. The highest BCUT2D eigenvalue weighted by Crippen LogP contribution is 2.43. The number of carbonyl (C=O) groups is 4. The van der Waals surface area contributed by atoms with E-state index in [1.54, 1.807) is 0 Å². The summed E-state index contributed by atoms with van der Waals surface area (Å²) in [5.74, 6) is -3.14. The van der Waals surface area contributed by atoms with Crippen molar-refractivity contribution in [1.29, 1.82) is 0 Å². The van der Waals surface area contributed by atoms with Crippen molar-refractivity contribution >= 4 is 81.8 Å². The molecule has 0 spiro atoms. The molecule has 0 aliphatic carbocycles. The van der Waals surface area contributed by atoms with Crippen LogP contribution < -0.4 is 55.7 Å². The van der Waals surface area contributed by atoms with E-state index in [2.05, 4.69) is 36.2 Å². The summed E-state index contributed by atoms with van der Waals surface area (Å²) >= 11 is 1.94. The second-order valence-electron chi connectivity index (χ2n) is 12.9. The van der Waals surface area contributed by atoms with Crippen LogP contribution in [0.5, 0.6) is 0 Å². The highest BCUT2D eigenvalue weighted by molar-refractivity contribution is 7.99. The summed E-state index contributed by atoms with van der Waals surface area (Å²) in [5.41, 5.74) is 28.4. The second-order valence-corrected chi connectivity index (χ2v) is 15.1. The van der Waals surface area contributed by atoms with E-state index in [0.717, 1.165) is 47.9 Å². The fourth-order valence-electron chi connectivity index (χ4n) is 5.27. The van der Waals surface area contributed by atoms with Crippen LogP contribution in [0.25, 0.3) is 0 Å². The third-order valence-electron chi connectivity index (χ3n) is 8.01. The van der Waals surface area contributed by atoms with Gasteiger partial charge >= 0.3 is 12.4 Å². The van der Waals surface area contributed by atoms with Gasteiger partial charge in [0.25, 0.3) is 11.8 Å². The number of aromatic amines is 1. The number of anilines is 4. The van der Waals surface area contributed by atoms with Gasteiger partial charge in [-0.3, -0.25) is 29.2 Å². The standard InChI is InChI=1S/C36H47F6N13O4S2/c37-35(38,39)20-14-22(52-27(56)5-1-3-9-49-33(45)46)29(60-11-7-43)24(16-20)54-31(58)19-13-26(51-18-19)32(59)55-25-17-21(36(40,41)42)15-23(30(25)61-12-8-44)53-28(57)6-2-4-10-50-34(47)48/h13-18,51H,1-12,43-44H2,(H,52,56)(H,53,57)(H,54,58)(H,55,59)(H4,45,46,49)(H4,47,48,50). The van der Waals surface area contributed by atoms with Gasteiger partial charge in [-0.15, -0.1) is 23.5 Å². The van der Waals surface area contributed by atoms with E-state index in [1.165, 1.54) is 0 Å². The number of thioether (sulfide) groups is 2. The Kier molecular flexibility index (Phi) is 19.0. The Bertz CT molecular complexity index is 1930. The molecule has 17 nitrogen and oxygen atoms in total. The molecule has 0 saturated heterocycles. The molecule has 0 unspecified atom stereocenters. The van der Waals surface area contributed by atoms with Crippen LogP contribution in [0.15, 0.2) is 56.3 Å². The molecule has 0 aliphatic rings. The largest absolute Gasteiger partial charge is 0.416 e. The summed E-state index contributed by atoms with van der Waals surface area (Å²) in [6.07, 6.45) is -7.47. The van der Waals surface area contributed by atoms with Gasteiger partial charge < -0.3 is 60.7 Å². The normalized spacial score (nSPS) is 11.4. The Labute approximate surface area is 354 Å². The quantitative estimate of drug-likeness (QED) is 0.0220. The Morgan fingerprint density at radius 3 is 1.36 bits per heavy atom. The first-order valence-corrected chi connectivity index (χ1v) is 20.4. The van der Waals surface area contributed by atoms with Crippen molar-refractivity contribution in [2.45, 2.75) is 60.7 Å². The average molecular weight is 904 g/mol. The first-order valence-electron chi connectivity index (χ1n) is 18.4. The molecule has 0 fully saturated rings. The topological polar surface area (TPSA) is 313 Å². The number of hydrogen-bond acceptors (Lipinski definition) is 10. The Hall–Kier alpha value is -5.66. The van der Waals surface area contributed by atoms with Crippen LogP contribution in [0, 0.1) is 0 Å². The van der Waals surface area contributed by atoms with Gasteiger partial charge in [-0.25, -0.2) is 0 Å². The summed E-state index contributed by atoms with van der Waals surface area (Å²) in [7, 11) is 0. The maximum absolute atomic E-state index is 14.1. The van der Waals surface area contributed by atoms with Crippen molar-refractivity contribution in [2.24, 2.45) is 44.4 Å². The third kappa shape index (κ3) is 16.4. The van der Waals surface area contributed by atoms with Crippen molar-refractivity contribution in [3.8, 4) is 0 Å². The maximum atomic E-state index is 14.1. The van der Waals surface area contributed by atoms with E-state index < -0.39 is 47.1 Å². The molecule has 0 saturated carbocycles. The molecule has 1 heterocycles. The molecule has 0 bridgehead atoms. The third-order valence-corrected chi connectivity index (χ3v) is 10.3. The monoisotopic (exact) mass is 903 g/mol. The highest BCUT2D eigenvalue weighted by atomic mass is 32.2. The van der Waals surface area contributed by atoms with E-state index in [9.17, 15) is 45.5 Å². The number of aromatic nitrogens is 1. The summed E-state index contributed by atoms with van der Waals surface area (Å²) in [6.45, 7) is 0.643. The van der Waals surface area contributed by atoms with Gasteiger partial charge in [0.1, 0.15) is 5.69 Å². The smallest absolute Gasteiger partial charge is 0.370 e. The number of amides is 4. The minimum absolute atomic E-state index is 0.0612. The number of carbonyl (C=O) groups excluding carboxylic acids is 4. The number of hydrogen-bond donors (Lipinski definition) is 11. The van der Waals surface area contributed by atoms with E-state index in [-0.39, 0.29) is 106 Å². The van der Waals surface area contributed by atoms with Crippen molar-refractivity contribution in [3.63, 3.8) is 0 Å². The number of H-pyrrole nitrogens is 1. The van der Waals surface area contributed by atoms with E-state index in [4.69, 9.17) is 34.4 Å². The zero-order valence-electron chi connectivity index (χ0n) is 32.5. The lowest BCUT2D eigenvalue weighted by atomic mass is 10.1. The fourth-order valence-corrected chi connectivity index (χ4v) is 6.97. The molecule has 61 heavy (non-hydrogen) atoms. The predicted molar refractivity (Wildman–Crippen MR) is 225 cm³/mol. The minimum atomic E-state index is -4.91. The van der Waals surface area contributed by atoms with E-state index in [1.807, 2.05) is 0 Å². The highest BCUT2D eigenvalue weighted by Gasteiger charge is 2.34. The number of nitrogens with zero attached hydrogens (tertiary/aromatic N) is 2. The van der Waals surface area contributed by atoms with Gasteiger partial charge in [0, 0.05) is 56.7 Å². The molecule has 0 atom stereocenters. The molecule has 3 aromatic rings. The van der Waals surface area contributed by atoms with Gasteiger partial charge in [0.15, 0.2) is 11.9 Å². The zero-order valence-corrected chi connectivity index (χ0v) is 34.2. The van der Waals surface area contributed by atoms with E-state index >= 15 is 0 Å². The van der Waals surface area contributed by atoms with Crippen LogP contribution >= 0.6 is 23.5 Å². The summed E-state index contributed by atoms with van der Waals surface area (Å²) < 4.78 is 84.5. The molecule has 3 rings (SSSR count). The van der Waals surface area contributed by atoms with Gasteiger partial charge in [-0.2, -0.15) is 26.3 Å². The number of nitrogens with two attached hydrogens (primary N) is 6. The summed E-state index contributed by atoms with van der Waals surface area (Å²) in [6, 6.07) is 3.84. The first-order chi connectivity index (χ1) is 28.7. The number of rotatable bonds is 22. The van der Waals surface area contributed by atoms with Gasteiger partial charge in [-0.1, -0.05) is 0 Å². The zero-order chi connectivity index (χ0) is 45.3. The molecule has 17 N–H and O–H groups in total. The average Bonchev–Trinajstić information content (AvgIpc) is 3.67. The number of guanidine groups is 2. The van der Waals surface area contributed by atoms with Crippen LogP contribution in [-0.2, 0) is 21.9 Å². The van der Waals surface area contributed by atoms with Crippen LogP contribution in [-0.4, -0.2) is 78.2 Å². The lowest BCUT2D eigenvalue weighted by molar-refractivity contribution is -0.138. The Balaban J connectivity index is 1.91. The van der Waals surface area contributed by atoms with Crippen LogP contribution in [0.2, 0.25) is 0 Å². The molecule has 25 heteroatoms. The van der Waals surface area contributed by atoms with E-state index in [0.29, 0.717) is 37.8 Å². The van der Waals surface area contributed by atoms with Crippen molar-refractivity contribution < 1.29 is 45.5 Å². The number of halogens is 6. The van der Waals surface area contributed by atoms with Crippen molar-refractivity contribution in [2.75, 3.05) is 59.0 Å². The summed E-state index contributed by atoms with van der Waals surface area (Å²) in [4.78, 5) is 62.9. The van der Waals surface area contributed by atoms with Crippen LogP contribution in [0.3, 0.4) is 0 Å². The molecule has 334 valence electrons. The lowest BCUT2D eigenvalue weighted by Gasteiger charge is -2.19. The number of nitrogens with one attached hydrogen (secondary N) is 5. The molecule has 4 amide bonds. The maximum Gasteiger partial charge on any atom is 0.416 e. The van der Waals surface area contributed by atoms with Gasteiger partial charge in [0.2, 0.25) is 11.8 Å². The molecular weight excluding hydrogens is 857 g/mol. The Morgan fingerprint density at radius 2 is 0.984 bits per heavy atom. The molecule has 2 aromatic carbocycles. The number of alkyl halides is 6.